The van der Waals surface area contributed by atoms with Crippen molar-refractivity contribution in [3.05, 3.63) is 106 Å². The second-order valence-corrected chi connectivity index (χ2v) is 11.4. The number of fused-ring (bicyclic) bond motifs is 2. The number of hydrogen-bond donors (Lipinski definition) is 2. The number of nitrogens with zero attached hydrogens (tertiary/aromatic N) is 3. The quantitative estimate of drug-likeness (QED) is 0.116. The molecule has 4 aromatic rings. The number of benzene rings is 3. The van der Waals surface area contributed by atoms with Gasteiger partial charge in [-0.2, -0.15) is 5.26 Å². The van der Waals surface area contributed by atoms with Crippen LogP contribution < -0.4 is 15.9 Å². The monoisotopic (exact) mass is 539 g/mol. The first-order valence-electron chi connectivity index (χ1n) is 12.6. The van der Waals surface area contributed by atoms with Crippen LogP contribution in [-0.2, 0) is 12.8 Å². The number of nitrogens with two attached hydrogens (primary N) is 2. The minimum absolute atomic E-state index is 0.0118. The van der Waals surface area contributed by atoms with Crippen molar-refractivity contribution in [2.75, 3.05) is 17.4 Å². The van der Waals surface area contributed by atoms with E-state index in [0.29, 0.717) is 17.8 Å². The maximum atomic E-state index is 12.6. The highest BCUT2D eigenvalue weighted by Gasteiger charge is 2.25. The van der Waals surface area contributed by atoms with Crippen molar-refractivity contribution >= 4 is 44.8 Å². The highest BCUT2D eigenvalue weighted by molar-refractivity contribution is 8.01. The van der Waals surface area contributed by atoms with E-state index in [1.54, 1.807) is 41.6 Å². The predicted octanol–water partition coefficient (Wildman–Crippen LogP) is 6.02. The van der Waals surface area contributed by atoms with E-state index in [9.17, 15) is 10.1 Å². The Morgan fingerprint density at radius 2 is 1.74 bits per heavy atom. The molecule has 1 aliphatic carbocycles. The van der Waals surface area contributed by atoms with E-state index >= 15 is 0 Å². The number of ketones is 1. The number of Topliss-reactive ketones (excluding diaryl/α,β-unsaturated/α-hetero) is 1. The van der Waals surface area contributed by atoms with E-state index in [-0.39, 0.29) is 12.3 Å². The van der Waals surface area contributed by atoms with Crippen LogP contribution in [0, 0.1) is 11.3 Å². The summed E-state index contributed by atoms with van der Waals surface area (Å²) in [7, 11) is 0. The van der Waals surface area contributed by atoms with Crippen LogP contribution in [0.4, 0.5) is 5.00 Å². The lowest BCUT2D eigenvalue weighted by Crippen LogP contribution is -2.33. The number of anilines is 1. The van der Waals surface area contributed by atoms with Gasteiger partial charge in [0.15, 0.2) is 5.78 Å². The molecule has 4 N–H and O–H groups in total. The van der Waals surface area contributed by atoms with Crippen molar-refractivity contribution < 1.29 is 4.79 Å². The highest BCUT2D eigenvalue weighted by Crippen LogP contribution is 2.44. The third-order valence-electron chi connectivity index (χ3n) is 6.53. The Labute approximate surface area is 231 Å². The highest BCUT2D eigenvalue weighted by atomic mass is 32.2. The van der Waals surface area contributed by atoms with Gasteiger partial charge in [-0.1, -0.05) is 66.7 Å². The average molecular weight is 540 g/mol. The molecule has 1 aliphatic rings. The molecule has 0 fully saturated rings. The summed E-state index contributed by atoms with van der Waals surface area (Å²) in [4.78, 5) is 15.0. The number of hydrogen-bond acceptors (Lipinski definition) is 8. The zero-order chi connectivity index (χ0) is 26.5. The molecule has 0 amide bonds. The van der Waals surface area contributed by atoms with Crippen molar-refractivity contribution in [1.82, 2.24) is 5.01 Å². The molecule has 192 valence electrons. The molecule has 5 rings (SSSR count). The molecule has 0 atom stereocenters. The minimum atomic E-state index is -0.0863. The Bertz CT molecular complexity index is 1520. The molecule has 1 heterocycles. The van der Waals surface area contributed by atoms with Gasteiger partial charge in [0.25, 0.3) is 0 Å². The fraction of sp³-hybridized carbons (Fsp3) is 0.200. The van der Waals surface area contributed by atoms with E-state index in [0.717, 1.165) is 51.9 Å². The number of carbonyl (C=O) groups is 1. The van der Waals surface area contributed by atoms with Crippen LogP contribution in [0.25, 0.3) is 10.8 Å². The second kappa shape index (κ2) is 11.7. The third-order valence-corrected chi connectivity index (χ3v) is 9.04. The van der Waals surface area contributed by atoms with Crippen molar-refractivity contribution in [3.8, 4) is 6.07 Å². The first kappa shape index (κ1) is 25.9. The van der Waals surface area contributed by atoms with Gasteiger partial charge >= 0.3 is 0 Å². The molecule has 0 aliphatic heterocycles. The first-order chi connectivity index (χ1) is 18.5. The van der Waals surface area contributed by atoms with Crippen molar-refractivity contribution in [1.29, 1.82) is 5.26 Å². The number of rotatable bonds is 9. The molecule has 38 heavy (non-hydrogen) atoms. The van der Waals surface area contributed by atoms with Gasteiger partial charge in [0.1, 0.15) is 11.1 Å². The molecular weight excluding hydrogens is 510 g/mol. The number of nitriles is 1. The lowest BCUT2D eigenvalue weighted by molar-refractivity contribution is 0.0955. The molecule has 0 spiro atoms. The van der Waals surface area contributed by atoms with Gasteiger partial charge in [-0.15, -0.1) is 11.3 Å². The molecule has 1 aromatic heterocycles. The maximum absolute atomic E-state index is 12.6. The summed E-state index contributed by atoms with van der Waals surface area (Å²) in [6, 6.07) is 26.0. The van der Waals surface area contributed by atoms with Crippen molar-refractivity contribution in [3.63, 3.8) is 0 Å². The molecule has 0 unspecified atom stereocenters. The molecule has 6 nitrogen and oxygen atoms in total. The standard InChI is InChI=1S/C30H29N5OS2/c31-17-26-25-14-6-7-15-28(25)37-30(26)35(38-29-16-8-12-21-9-4-5-13-24(21)29)19-23(32)18-34(33)20-27(36)22-10-2-1-3-11-22/h1-5,8-13,16,18H,6-7,14-15,19-20,32-33H2/b23-18-. The van der Waals surface area contributed by atoms with E-state index in [1.807, 2.05) is 36.4 Å². The first-order valence-corrected chi connectivity index (χ1v) is 14.2. The van der Waals surface area contributed by atoms with Gasteiger partial charge in [-0.05, 0) is 60.0 Å². The van der Waals surface area contributed by atoms with Crippen LogP contribution in [0.2, 0.25) is 0 Å². The average Bonchev–Trinajstić information content (AvgIpc) is 3.32. The molecule has 0 saturated carbocycles. The van der Waals surface area contributed by atoms with Crippen molar-refractivity contribution in [2.45, 2.75) is 30.6 Å². The summed E-state index contributed by atoms with van der Waals surface area (Å²) in [6.07, 6.45) is 5.80. The molecule has 8 heteroatoms. The normalized spacial score (nSPS) is 13.1. The predicted molar refractivity (Wildman–Crippen MR) is 157 cm³/mol. The Hall–Kier alpha value is -3.77. The minimum Gasteiger partial charge on any atom is -0.399 e. The number of aryl methyl sites for hydroxylation is 1. The molecular formula is C30H29N5OS2. The number of thiophene rings is 1. The van der Waals surface area contributed by atoms with E-state index < -0.39 is 0 Å². The van der Waals surface area contributed by atoms with Gasteiger partial charge in [0.05, 0.1) is 18.7 Å². The Kier molecular flexibility index (Phi) is 7.99. The molecule has 0 bridgehead atoms. The topological polar surface area (TPSA) is 99.4 Å². The molecule has 0 radical (unpaired) electrons. The fourth-order valence-electron chi connectivity index (χ4n) is 4.73. The van der Waals surface area contributed by atoms with Crippen LogP contribution in [-0.4, -0.2) is 23.9 Å². The Balaban J connectivity index is 1.44. The summed E-state index contributed by atoms with van der Waals surface area (Å²) in [5, 5.41) is 14.7. The van der Waals surface area contributed by atoms with E-state index in [4.69, 9.17) is 11.6 Å². The van der Waals surface area contributed by atoms with Gasteiger partial charge in [0, 0.05) is 27.2 Å². The molecule has 3 aromatic carbocycles. The number of carbonyl (C=O) groups excluding carboxylic acids is 1. The molecule has 0 saturated heterocycles. The zero-order valence-corrected chi connectivity index (χ0v) is 22.6. The summed E-state index contributed by atoms with van der Waals surface area (Å²) >= 11 is 3.26. The van der Waals surface area contributed by atoms with Crippen LogP contribution in [0.1, 0.15) is 39.2 Å². The summed E-state index contributed by atoms with van der Waals surface area (Å²) < 4.78 is 2.10. The summed E-state index contributed by atoms with van der Waals surface area (Å²) in [5.74, 6) is 6.08. The Morgan fingerprint density at radius 3 is 2.55 bits per heavy atom. The van der Waals surface area contributed by atoms with Crippen molar-refractivity contribution in [2.24, 2.45) is 11.6 Å². The van der Waals surface area contributed by atoms with Crippen LogP contribution >= 0.6 is 23.3 Å². The summed E-state index contributed by atoms with van der Waals surface area (Å²) in [6.45, 7) is 0.354. The second-order valence-electron chi connectivity index (χ2n) is 9.27. The Morgan fingerprint density at radius 1 is 1.00 bits per heavy atom. The largest absolute Gasteiger partial charge is 0.399 e. The number of hydrazine groups is 1. The van der Waals surface area contributed by atoms with Gasteiger partial charge < -0.3 is 10.7 Å². The van der Waals surface area contributed by atoms with Crippen LogP contribution in [0.15, 0.2) is 89.6 Å². The van der Waals surface area contributed by atoms with E-state index in [2.05, 4.69) is 34.6 Å². The van der Waals surface area contributed by atoms with Crippen LogP contribution in [0.5, 0.6) is 0 Å². The van der Waals surface area contributed by atoms with Gasteiger partial charge in [-0.25, -0.2) is 5.84 Å². The fourth-order valence-corrected chi connectivity index (χ4v) is 7.25. The zero-order valence-electron chi connectivity index (χ0n) is 21.0. The van der Waals surface area contributed by atoms with E-state index in [1.165, 1.54) is 15.4 Å². The lowest BCUT2D eigenvalue weighted by atomic mass is 9.96. The van der Waals surface area contributed by atoms with Crippen LogP contribution in [0.3, 0.4) is 0 Å². The van der Waals surface area contributed by atoms with Gasteiger partial charge in [0.2, 0.25) is 0 Å². The lowest BCUT2D eigenvalue weighted by Gasteiger charge is -2.24. The third kappa shape index (κ3) is 5.70. The maximum Gasteiger partial charge on any atom is 0.183 e. The smallest absolute Gasteiger partial charge is 0.183 e. The summed E-state index contributed by atoms with van der Waals surface area (Å²) in [5.41, 5.74) is 9.53. The SMILES string of the molecule is N#Cc1c(N(C/C(N)=C/N(N)CC(=O)c2ccccc2)Sc2cccc3ccccc23)sc2c1CCCC2. The van der Waals surface area contributed by atoms with Gasteiger partial charge in [-0.3, -0.25) is 9.10 Å².